The maximum atomic E-state index is 12.2. The molecule has 1 atom stereocenters. The lowest BCUT2D eigenvalue weighted by atomic mass is 10.1. The van der Waals surface area contributed by atoms with Gasteiger partial charge in [-0.3, -0.25) is 0 Å². The molecule has 2 N–H and O–H groups in total. The molecule has 2 heterocycles. The molecule has 0 saturated carbocycles. The normalized spacial score (nSPS) is 19.4. The van der Waals surface area contributed by atoms with Crippen LogP contribution in [-0.2, 0) is 22.9 Å². The van der Waals surface area contributed by atoms with Crippen LogP contribution in [0.2, 0.25) is 0 Å². The number of anilines is 1. The molecule has 1 aromatic heterocycles. The Hall–Kier alpha value is -1.28. The molecule has 0 radical (unpaired) electrons. The van der Waals surface area contributed by atoms with Crippen molar-refractivity contribution in [2.45, 2.75) is 52.0 Å². The zero-order valence-electron chi connectivity index (χ0n) is 12.6. The van der Waals surface area contributed by atoms with Crippen LogP contribution < -0.4 is 10.0 Å². The Morgan fingerprint density at radius 1 is 1.19 bits per heavy atom. The van der Waals surface area contributed by atoms with Gasteiger partial charge in [-0.25, -0.2) is 18.1 Å². The summed E-state index contributed by atoms with van der Waals surface area (Å²) in [6.45, 7) is 4.82. The second kappa shape index (κ2) is 7.13. The molecule has 0 spiro atoms. The van der Waals surface area contributed by atoms with Crippen LogP contribution in [0, 0.1) is 0 Å². The fraction of sp³-hybridized carbons (Fsp3) is 0.769. The highest BCUT2D eigenvalue weighted by Crippen LogP contribution is 2.12. The van der Waals surface area contributed by atoms with Crippen molar-refractivity contribution in [2.24, 2.45) is 0 Å². The first-order valence-electron chi connectivity index (χ1n) is 7.50. The Morgan fingerprint density at radius 3 is 2.57 bits per heavy atom. The van der Waals surface area contributed by atoms with Crippen molar-refractivity contribution in [3.8, 4) is 0 Å². The summed E-state index contributed by atoms with van der Waals surface area (Å²) in [4.78, 5) is 4.26. The highest BCUT2D eigenvalue weighted by Gasteiger charge is 2.22. The predicted octanol–water partition coefficient (Wildman–Crippen LogP) is 0.880. The molecular formula is C13H23N5O2S. The van der Waals surface area contributed by atoms with E-state index in [2.05, 4.69) is 25.2 Å². The molecule has 0 amide bonds. The third-order valence-corrected chi connectivity index (χ3v) is 4.92. The summed E-state index contributed by atoms with van der Waals surface area (Å²) >= 11 is 0. The highest BCUT2D eigenvalue weighted by molar-refractivity contribution is 7.92. The number of hydrogen-bond acceptors (Lipinski definition) is 6. The van der Waals surface area contributed by atoms with Gasteiger partial charge in [0.25, 0.3) is 5.95 Å². The van der Waals surface area contributed by atoms with Crippen molar-refractivity contribution in [1.82, 2.24) is 20.5 Å². The molecule has 1 unspecified atom stereocenters. The average molecular weight is 313 g/mol. The fourth-order valence-electron chi connectivity index (χ4n) is 2.49. The van der Waals surface area contributed by atoms with Gasteiger partial charge in [-0.2, -0.15) is 0 Å². The molecule has 1 aromatic rings. The van der Waals surface area contributed by atoms with E-state index in [-0.39, 0.29) is 17.7 Å². The van der Waals surface area contributed by atoms with Gasteiger partial charge in [-0.15, -0.1) is 10.2 Å². The van der Waals surface area contributed by atoms with Crippen molar-refractivity contribution in [1.29, 1.82) is 0 Å². The first-order valence-corrected chi connectivity index (χ1v) is 9.15. The second-order valence-corrected chi connectivity index (χ2v) is 7.03. The van der Waals surface area contributed by atoms with Crippen LogP contribution in [-0.4, -0.2) is 41.9 Å². The fourth-order valence-corrected chi connectivity index (χ4v) is 3.76. The number of hydrogen-bond donors (Lipinski definition) is 2. The van der Waals surface area contributed by atoms with Gasteiger partial charge in [0.1, 0.15) is 0 Å². The highest BCUT2D eigenvalue weighted by atomic mass is 32.2. The maximum absolute atomic E-state index is 12.2. The lowest BCUT2D eigenvalue weighted by Crippen LogP contribution is -2.40. The van der Waals surface area contributed by atoms with Gasteiger partial charge < -0.3 is 5.32 Å². The third-order valence-electron chi connectivity index (χ3n) is 3.59. The number of aryl methyl sites for hydroxylation is 2. The van der Waals surface area contributed by atoms with Gasteiger partial charge in [-0.05, 0) is 32.2 Å². The summed E-state index contributed by atoms with van der Waals surface area (Å²) < 4.78 is 26.8. The Bertz CT molecular complexity index is 570. The summed E-state index contributed by atoms with van der Waals surface area (Å²) in [6.07, 6.45) is 4.50. The summed E-state index contributed by atoms with van der Waals surface area (Å²) in [5.74, 6) is 0.118. The van der Waals surface area contributed by atoms with E-state index >= 15 is 0 Å². The van der Waals surface area contributed by atoms with Gasteiger partial charge in [0.15, 0.2) is 0 Å². The van der Waals surface area contributed by atoms with Crippen LogP contribution in [0.3, 0.4) is 0 Å². The molecule has 0 aliphatic carbocycles. The van der Waals surface area contributed by atoms with Crippen molar-refractivity contribution in [3.63, 3.8) is 0 Å². The van der Waals surface area contributed by atoms with E-state index in [9.17, 15) is 8.42 Å². The largest absolute Gasteiger partial charge is 0.313 e. The topological polar surface area (TPSA) is 96.9 Å². The molecule has 7 nitrogen and oxygen atoms in total. The van der Waals surface area contributed by atoms with Crippen molar-refractivity contribution < 1.29 is 8.42 Å². The number of aromatic nitrogens is 3. The van der Waals surface area contributed by atoms with E-state index in [1.807, 2.05) is 13.8 Å². The van der Waals surface area contributed by atoms with Crippen LogP contribution in [0.25, 0.3) is 0 Å². The van der Waals surface area contributed by atoms with Gasteiger partial charge >= 0.3 is 0 Å². The lowest BCUT2D eigenvalue weighted by molar-refractivity contribution is 0.424. The smallest absolute Gasteiger partial charge is 0.256 e. The third kappa shape index (κ3) is 4.60. The second-order valence-electron chi connectivity index (χ2n) is 5.27. The summed E-state index contributed by atoms with van der Waals surface area (Å²) in [5.41, 5.74) is 1.61. The molecule has 1 aliphatic rings. The standard InChI is InChI=1S/C13H23N5O2S/c1-3-11-12(4-2)16-17-13(15-11)18-21(19,20)9-10-7-5-6-8-14-10/h10,14H,3-9H2,1-2H3,(H,15,17,18). The molecule has 8 heteroatoms. The minimum atomic E-state index is -3.46. The molecule has 1 saturated heterocycles. The van der Waals surface area contributed by atoms with Crippen molar-refractivity contribution >= 4 is 16.0 Å². The molecule has 0 aromatic carbocycles. The van der Waals surface area contributed by atoms with E-state index in [1.54, 1.807) is 0 Å². The van der Waals surface area contributed by atoms with Crippen molar-refractivity contribution in [2.75, 3.05) is 17.0 Å². The quantitative estimate of drug-likeness (QED) is 0.809. The van der Waals surface area contributed by atoms with E-state index in [0.717, 1.165) is 43.6 Å². The summed E-state index contributed by atoms with van der Waals surface area (Å²) in [5, 5.41) is 11.1. The molecule has 1 aliphatic heterocycles. The molecule has 21 heavy (non-hydrogen) atoms. The minimum Gasteiger partial charge on any atom is -0.313 e. The molecule has 2 rings (SSSR count). The predicted molar refractivity (Wildman–Crippen MR) is 81.6 cm³/mol. The molecule has 1 fully saturated rings. The summed E-state index contributed by atoms with van der Waals surface area (Å²) in [6, 6.07) is 0.00442. The van der Waals surface area contributed by atoms with E-state index < -0.39 is 10.0 Å². The average Bonchev–Trinajstić information content (AvgIpc) is 2.47. The zero-order valence-corrected chi connectivity index (χ0v) is 13.4. The zero-order chi connectivity index (χ0) is 15.3. The van der Waals surface area contributed by atoms with Gasteiger partial charge in [0, 0.05) is 6.04 Å². The van der Waals surface area contributed by atoms with Crippen LogP contribution in [0.1, 0.15) is 44.5 Å². The van der Waals surface area contributed by atoms with E-state index in [0.29, 0.717) is 6.42 Å². The number of nitrogens with one attached hydrogen (secondary N) is 2. The van der Waals surface area contributed by atoms with Gasteiger partial charge in [-0.1, -0.05) is 20.3 Å². The Balaban J connectivity index is 2.05. The Labute approximate surface area is 126 Å². The lowest BCUT2D eigenvalue weighted by Gasteiger charge is -2.23. The van der Waals surface area contributed by atoms with Crippen LogP contribution in [0.15, 0.2) is 0 Å². The monoisotopic (exact) mass is 313 g/mol. The SMILES string of the molecule is CCc1nnc(NS(=O)(=O)CC2CCCCN2)nc1CC. The Morgan fingerprint density at radius 2 is 1.95 bits per heavy atom. The van der Waals surface area contributed by atoms with Crippen LogP contribution in [0.4, 0.5) is 5.95 Å². The number of piperidine rings is 1. The molecule has 118 valence electrons. The van der Waals surface area contributed by atoms with Crippen LogP contribution >= 0.6 is 0 Å². The van der Waals surface area contributed by atoms with Gasteiger partial charge in [0.05, 0.1) is 17.1 Å². The number of nitrogens with zero attached hydrogens (tertiary/aromatic N) is 3. The minimum absolute atomic E-state index is 0.00442. The van der Waals surface area contributed by atoms with Crippen LogP contribution in [0.5, 0.6) is 0 Å². The van der Waals surface area contributed by atoms with Gasteiger partial charge in [0.2, 0.25) is 10.0 Å². The number of rotatable bonds is 6. The molecular weight excluding hydrogens is 290 g/mol. The van der Waals surface area contributed by atoms with Crippen molar-refractivity contribution in [3.05, 3.63) is 11.4 Å². The van der Waals surface area contributed by atoms with E-state index in [1.165, 1.54) is 0 Å². The molecule has 0 bridgehead atoms. The van der Waals surface area contributed by atoms with E-state index in [4.69, 9.17) is 0 Å². The first kappa shape index (κ1) is 16.1. The first-order chi connectivity index (χ1) is 10.0. The summed E-state index contributed by atoms with van der Waals surface area (Å²) in [7, 11) is -3.46. The number of sulfonamides is 1. The Kier molecular flexibility index (Phi) is 5.46. The maximum Gasteiger partial charge on any atom is 0.256 e.